The maximum atomic E-state index is 12.9. The van der Waals surface area contributed by atoms with Gasteiger partial charge in [0, 0.05) is 18.1 Å². The Balaban J connectivity index is 1.67. The molecule has 0 aliphatic rings. The molecule has 1 atom stereocenters. The van der Waals surface area contributed by atoms with Crippen molar-refractivity contribution in [3.63, 3.8) is 0 Å². The Kier molecular flexibility index (Phi) is 7.88. The van der Waals surface area contributed by atoms with E-state index < -0.39 is 0 Å². The lowest BCUT2D eigenvalue weighted by molar-refractivity contribution is -0.125. The van der Waals surface area contributed by atoms with E-state index in [2.05, 4.69) is 5.32 Å². The first-order valence-electron chi connectivity index (χ1n) is 8.56. The van der Waals surface area contributed by atoms with Gasteiger partial charge in [0.25, 0.3) is 0 Å². The van der Waals surface area contributed by atoms with Crippen LogP contribution in [0.5, 0.6) is 5.75 Å². The lowest BCUT2D eigenvalue weighted by Gasteiger charge is -2.23. The first-order valence-corrected chi connectivity index (χ1v) is 8.94. The molecule has 0 aliphatic heterocycles. The highest BCUT2D eigenvalue weighted by molar-refractivity contribution is 6.30. The molecule has 2 rings (SSSR count). The number of nitrogens with one attached hydrogen (secondary N) is 1. The first-order chi connectivity index (χ1) is 12.5. The van der Waals surface area contributed by atoms with Gasteiger partial charge < -0.3 is 10.1 Å². The third kappa shape index (κ3) is 6.65. The van der Waals surface area contributed by atoms with Crippen LogP contribution >= 0.6 is 11.6 Å². The van der Waals surface area contributed by atoms with Crippen LogP contribution in [0.1, 0.15) is 12.5 Å². The Labute approximate surface area is 158 Å². The summed E-state index contributed by atoms with van der Waals surface area (Å²) in [6.45, 7) is 3.47. The van der Waals surface area contributed by atoms with E-state index in [1.165, 1.54) is 12.1 Å². The highest BCUT2D eigenvalue weighted by Gasteiger charge is 2.17. The van der Waals surface area contributed by atoms with Crippen molar-refractivity contribution < 1.29 is 13.9 Å². The summed E-state index contributed by atoms with van der Waals surface area (Å²) in [7, 11) is 1.88. The Morgan fingerprint density at radius 2 is 1.85 bits per heavy atom. The summed E-state index contributed by atoms with van der Waals surface area (Å²) in [5, 5.41) is 3.58. The molecule has 0 radical (unpaired) electrons. The second-order valence-electron chi connectivity index (χ2n) is 6.13. The summed E-state index contributed by atoms with van der Waals surface area (Å²) in [4.78, 5) is 14.2. The number of amides is 1. The molecule has 0 saturated heterocycles. The van der Waals surface area contributed by atoms with Crippen LogP contribution in [0, 0.1) is 5.82 Å². The average Bonchev–Trinajstić information content (AvgIpc) is 2.64. The molecule has 0 fully saturated rings. The fourth-order valence-corrected chi connectivity index (χ4v) is 2.49. The Morgan fingerprint density at radius 3 is 2.50 bits per heavy atom. The second-order valence-corrected chi connectivity index (χ2v) is 6.56. The fourth-order valence-electron chi connectivity index (χ4n) is 2.36. The first kappa shape index (κ1) is 20.2. The third-order valence-corrected chi connectivity index (χ3v) is 4.45. The lowest BCUT2D eigenvalue weighted by atomic mass is 10.1. The van der Waals surface area contributed by atoms with Crippen molar-refractivity contribution in [3.8, 4) is 5.75 Å². The molecule has 140 valence electrons. The van der Waals surface area contributed by atoms with Gasteiger partial charge in [-0.3, -0.25) is 9.69 Å². The summed E-state index contributed by atoms with van der Waals surface area (Å²) >= 11 is 5.84. The molecule has 1 N–H and O–H groups in total. The number of ether oxygens (including phenoxy) is 1. The summed E-state index contributed by atoms with van der Waals surface area (Å²) in [5.41, 5.74) is 0.990. The Hall–Kier alpha value is -2.11. The number of hydrogen-bond donors (Lipinski definition) is 1. The largest absolute Gasteiger partial charge is 0.492 e. The summed E-state index contributed by atoms with van der Waals surface area (Å²) in [6, 6.07) is 13.2. The van der Waals surface area contributed by atoms with E-state index in [9.17, 15) is 9.18 Å². The number of hydrogen-bond acceptors (Lipinski definition) is 3. The van der Waals surface area contributed by atoms with Crippen molar-refractivity contribution >= 4 is 17.5 Å². The number of likely N-dealkylation sites (N-methyl/N-ethyl adjacent to an activating group) is 1. The molecule has 0 spiro atoms. The van der Waals surface area contributed by atoms with Crippen molar-refractivity contribution in [1.82, 2.24) is 10.2 Å². The zero-order chi connectivity index (χ0) is 18.9. The normalized spacial score (nSPS) is 12.0. The SMILES string of the molecule is C[C@H](C(=O)NCCc1ccc(F)cc1)N(C)CCOc1ccc(Cl)cc1. The maximum Gasteiger partial charge on any atom is 0.237 e. The van der Waals surface area contributed by atoms with E-state index in [1.54, 1.807) is 24.3 Å². The van der Waals surface area contributed by atoms with Crippen LogP contribution in [0.25, 0.3) is 0 Å². The van der Waals surface area contributed by atoms with Crippen LogP contribution in [0.2, 0.25) is 5.02 Å². The van der Waals surface area contributed by atoms with Gasteiger partial charge in [0.1, 0.15) is 18.2 Å². The van der Waals surface area contributed by atoms with Crippen LogP contribution in [0.15, 0.2) is 48.5 Å². The minimum Gasteiger partial charge on any atom is -0.492 e. The molecule has 0 heterocycles. The van der Waals surface area contributed by atoms with Crippen molar-refractivity contribution in [2.24, 2.45) is 0 Å². The summed E-state index contributed by atoms with van der Waals surface area (Å²) < 4.78 is 18.5. The summed E-state index contributed by atoms with van der Waals surface area (Å²) in [5.74, 6) is 0.453. The number of rotatable bonds is 9. The number of carbonyl (C=O) groups excluding carboxylic acids is 1. The molecule has 1 amide bonds. The van der Waals surface area contributed by atoms with Crippen LogP contribution < -0.4 is 10.1 Å². The molecular weight excluding hydrogens is 355 g/mol. The third-order valence-electron chi connectivity index (χ3n) is 4.19. The van der Waals surface area contributed by atoms with Crippen molar-refractivity contribution in [3.05, 3.63) is 64.9 Å². The molecule has 0 unspecified atom stereocenters. The minimum atomic E-state index is -0.267. The van der Waals surface area contributed by atoms with Crippen molar-refractivity contribution in [2.45, 2.75) is 19.4 Å². The van der Waals surface area contributed by atoms with Crippen molar-refractivity contribution in [2.75, 3.05) is 26.7 Å². The van der Waals surface area contributed by atoms with Gasteiger partial charge in [0.05, 0.1) is 6.04 Å². The van der Waals surface area contributed by atoms with Gasteiger partial charge in [-0.05, 0) is 62.4 Å². The number of benzene rings is 2. The fraction of sp³-hybridized carbons (Fsp3) is 0.350. The van der Waals surface area contributed by atoms with Crippen LogP contribution in [-0.2, 0) is 11.2 Å². The smallest absolute Gasteiger partial charge is 0.237 e. The molecule has 4 nitrogen and oxygen atoms in total. The van der Waals surface area contributed by atoms with Gasteiger partial charge >= 0.3 is 0 Å². The molecule has 0 aromatic heterocycles. The van der Waals surface area contributed by atoms with E-state index in [1.807, 2.05) is 31.0 Å². The highest BCUT2D eigenvalue weighted by Crippen LogP contribution is 2.15. The number of carbonyl (C=O) groups is 1. The Morgan fingerprint density at radius 1 is 1.19 bits per heavy atom. The van der Waals surface area contributed by atoms with Crippen LogP contribution in [-0.4, -0.2) is 43.6 Å². The van der Waals surface area contributed by atoms with Crippen LogP contribution in [0.4, 0.5) is 4.39 Å². The zero-order valence-electron chi connectivity index (χ0n) is 15.0. The summed E-state index contributed by atoms with van der Waals surface area (Å²) in [6.07, 6.45) is 0.669. The number of nitrogens with zero attached hydrogens (tertiary/aromatic N) is 1. The van der Waals surface area contributed by atoms with Crippen LogP contribution in [0.3, 0.4) is 0 Å². The molecular formula is C20H24ClFN2O2. The van der Waals surface area contributed by atoms with Gasteiger partial charge in [0.2, 0.25) is 5.91 Å². The Bertz CT molecular complexity index is 692. The van der Waals surface area contributed by atoms with Gasteiger partial charge in [0.15, 0.2) is 0 Å². The molecule has 0 aliphatic carbocycles. The van der Waals surface area contributed by atoms with E-state index in [-0.39, 0.29) is 17.8 Å². The minimum absolute atomic E-state index is 0.0406. The van der Waals surface area contributed by atoms with E-state index >= 15 is 0 Å². The van der Waals surface area contributed by atoms with E-state index in [4.69, 9.17) is 16.3 Å². The number of halogens is 2. The molecule has 0 saturated carbocycles. The lowest BCUT2D eigenvalue weighted by Crippen LogP contribution is -2.45. The van der Waals surface area contributed by atoms with E-state index in [0.717, 1.165) is 11.3 Å². The van der Waals surface area contributed by atoms with Gasteiger partial charge in [-0.25, -0.2) is 4.39 Å². The van der Waals surface area contributed by atoms with Gasteiger partial charge in [-0.15, -0.1) is 0 Å². The van der Waals surface area contributed by atoms with Gasteiger partial charge in [-0.2, -0.15) is 0 Å². The maximum absolute atomic E-state index is 12.9. The van der Waals surface area contributed by atoms with E-state index in [0.29, 0.717) is 31.1 Å². The molecule has 2 aromatic carbocycles. The predicted molar refractivity (Wildman–Crippen MR) is 102 cm³/mol. The second kappa shape index (κ2) is 10.1. The highest BCUT2D eigenvalue weighted by atomic mass is 35.5. The quantitative estimate of drug-likeness (QED) is 0.725. The molecule has 6 heteroatoms. The topological polar surface area (TPSA) is 41.6 Å². The zero-order valence-corrected chi connectivity index (χ0v) is 15.8. The van der Waals surface area contributed by atoms with Gasteiger partial charge in [-0.1, -0.05) is 23.7 Å². The average molecular weight is 379 g/mol. The monoisotopic (exact) mass is 378 g/mol. The molecule has 2 aromatic rings. The molecule has 0 bridgehead atoms. The standard InChI is InChI=1S/C20H24ClFN2O2/c1-15(20(25)23-12-11-16-3-7-18(22)8-4-16)24(2)13-14-26-19-9-5-17(21)6-10-19/h3-10,15H,11-14H2,1-2H3,(H,23,25)/t15-/m1/s1. The molecule has 26 heavy (non-hydrogen) atoms. The predicted octanol–water partition coefficient (Wildman–Crippen LogP) is 3.54. The van der Waals surface area contributed by atoms with Crippen molar-refractivity contribution in [1.29, 1.82) is 0 Å².